The van der Waals surface area contributed by atoms with Gasteiger partial charge in [-0.15, -0.1) is 0 Å². The Morgan fingerprint density at radius 2 is 2.00 bits per heavy atom. The second-order valence-corrected chi connectivity index (χ2v) is 4.59. The number of nitrogens with zero attached hydrogens (tertiary/aromatic N) is 1. The number of aryl methyl sites for hydroxylation is 2. The highest BCUT2D eigenvalue weighted by atomic mass is 15.1. The summed E-state index contributed by atoms with van der Waals surface area (Å²) in [5.74, 6) is 0.763. The number of likely N-dealkylation sites (N-methyl/N-ethyl adjacent to an activating group) is 1. The van der Waals surface area contributed by atoms with Gasteiger partial charge in [0, 0.05) is 6.54 Å². The molecule has 1 saturated heterocycles. The van der Waals surface area contributed by atoms with Crippen LogP contribution in [0.1, 0.15) is 29.0 Å². The van der Waals surface area contributed by atoms with Crippen molar-refractivity contribution in [2.75, 3.05) is 20.1 Å². The molecule has 0 N–H and O–H groups in total. The Kier molecular flexibility index (Phi) is 2.60. The van der Waals surface area contributed by atoms with Gasteiger partial charge in [-0.3, -0.25) is 0 Å². The number of benzene rings is 1. The van der Waals surface area contributed by atoms with E-state index in [1.54, 1.807) is 0 Å². The summed E-state index contributed by atoms with van der Waals surface area (Å²) < 4.78 is 0. The Labute approximate surface area is 86.7 Å². The van der Waals surface area contributed by atoms with Gasteiger partial charge < -0.3 is 4.90 Å². The highest BCUT2D eigenvalue weighted by molar-refractivity contribution is 5.32. The van der Waals surface area contributed by atoms with E-state index in [9.17, 15) is 0 Å². The van der Waals surface area contributed by atoms with Crippen LogP contribution in [0.4, 0.5) is 0 Å². The summed E-state index contributed by atoms with van der Waals surface area (Å²) in [7, 11) is 2.21. The van der Waals surface area contributed by atoms with Crippen LogP contribution in [0.2, 0.25) is 0 Å². The molecule has 0 spiro atoms. The molecule has 2 rings (SSSR count). The van der Waals surface area contributed by atoms with Crippen LogP contribution in [-0.2, 0) is 0 Å². The van der Waals surface area contributed by atoms with Gasteiger partial charge in [0.15, 0.2) is 0 Å². The van der Waals surface area contributed by atoms with Gasteiger partial charge in [0.1, 0.15) is 0 Å². The molecule has 1 heteroatoms. The Bertz CT molecular complexity index is 330. The van der Waals surface area contributed by atoms with Crippen LogP contribution in [0, 0.1) is 13.8 Å². The quantitative estimate of drug-likeness (QED) is 0.656. The maximum Gasteiger partial charge on any atom is 0.00477 e. The zero-order valence-electron chi connectivity index (χ0n) is 9.38. The van der Waals surface area contributed by atoms with E-state index in [0.29, 0.717) is 0 Å². The van der Waals surface area contributed by atoms with E-state index in [1.165, 1.54) is 36.2 Å². The predicted molar refractivity (Wildman–Crippen MR) is 60.8 cm³/mol. The first-order valence-electron chi connectivity index (χ1n) is 5.42. The summed E-state index contributed by atoms with van der Waals surface area (Å²) in [5.41, 5.74) is 4.36. The molecule has 0 aromatic heterocycles. The monoisotopic (exact) mass is 189 g/mol. The molecule has 0 bridgehead atoms. The molecule has 0 amide bonds. The van der Waals surface area contributed by atoms with Crippen LogP contribution in [0.3, 0.4) is 0 Å². The molecule has 1 aromatic carbocycles. The lowest BCUT2D eigenvalue weighted by molar-refractivity contribution is 0.411. The van der Waals surface area contributed by atoms with Crippen molar-refractivity contribution >= 4 is 0 Å². The lowest BCUT2D eigenvalue weighted by Gasteiger charge is -2.12. The fourth-order valence-corrected chi connectivity index (χ4v) is 2.23. The van der Waals surface area contributed by atoms with Crippen LogP contribution in [-0.4, -0.2) is 25.0 Å². The summed E-state index contributed by atoms with van der Waals surface area (Å²) in [6.07, 6.45) is 1.32. The van der Waals surface area contributed by atoms with Gasteiger partial charge >= 0.3 is 0 Å². The molecule has 1 nitrogen and oxygen atoms in total. The van der Waals surface area contributed by atoms with Gasteiger partial charge in [-0.25, -0.2) is 0 Å². The van der Waals surface area contributed by atoms with Crippen molar-refractivity contribution in [3.63, 3.8) is 0 Å². The number of rotatable bonds is 1. The van der Waals surface area contributed by atoms with E-state index in [4.69, 9.17) is 0 Å². The topological polar surface area (TPSA) is 3.24 Å². The van der Waals surface area contributed by atoms with Crippen molar-refractivity contribution in [3.8, 4) is 0 Å². The summed E-state index contributed by atoms with van der Waals surface area (Å²) >= 11 is 0. The van der Waals surface area contributed by atoms with Crippen LogP contribution >= 0.6 is 0 Å². The van der Waals surface area contributed by atoms with E-state index in [0.717, 1.165) is 5.92 Å². The van der Waals surface area contributed by atoms with Gasteiger partial charge in [0.25, 0.3) is 0 Å². The lowest BCUT2D eigenvalue weighted by Crippen LogP contribution is -2.13. The first-order chi connectivity index (χ1) is 6.66. The Balaban J connectivity index is 2.20. The molecule has 1 unspecified atom stereocenters. The first kappa shape index (κ1) is 9.72. The third-order valence-electron chi connectivity index (χ3n) is 3.39. The largest absolute Gasteiger partial charge is 0.306 e. The fourth-order valence-electron chi connectivity index (χ4n) is 2.23. The van der Waals surface area contributed by atoms with Crippen molar-refractivity contribution in [2.45, 2.75) is 26.2 Å². The molecule has 1 heterocycles. The molecular formula is C13H19N. The normalized spacial score (nSPS) is 22.9. The lowest BCUT2D eigenvalue weighted by atomic mass is 9.95. The smallest absolute Gasteiger partial charge is 0.00477 e. The maximum absolute atomic E-state index is 2.42. The van der Waals surface area contributed by atoms with Gasteiger partial charge in [0.2, 0.25) is 0 Å². The van der Waals surface area contributed by atoms with Crippen LogP contribution < -0.4 is 0 Å². The molecule has 14 heavy (non-hydrogen) atoms. The second-order valence-electron chi connectivity index (χ2n) is 4.59. The number of hydrogen-bond acceptors (Lipinski definition) is 1. The van der Waals surface area contributed by atoms with Crippen LogP contribution in [0.5, 0.6) is 0 Å². The summed E-state index contributed by atoms with van der Waals surface area (Å²) in [5, 5.41) is 0. The third-order valence-corrected chi connectivity index (χ3v) is 3.39. The molecule has 1 fully saturated rings. The fraction of sp³-hybridized carbons (Fsp3) is 0.538. The molecule has 1 atom stereocenters. The molecule has 0 aliphatic carbocycles. The van der Waals surface area contributed by atoms with E-state index >= 15 is 0 Å². The summed E-state index contributed by atoms with van der Waals surface area (Å²) in [6.45, 7) is 6.86. The van der Waals surface area contributed by atoms with Crippen LogP contribution in [0.25, 0.3) is 0 Å². The Hall–Kier alpha value is -0.820. The minimum atomic E-state index is 0.763. The number of hydrogen-bond donors (Lipinski definition) is 0. The van der Waals surface area contributed by atoms with Gasteiger partial charge in [0.05, 0.1) is 0 Å². The molecule has 1 aliphatic heterocycles. The summed E-state index contributed by atoms with van der Waals surface area (Å²) in [6, 6.07) is 6.91. The molecule has 1 aromatic rings. The van der Waals surface area contributed by atoms with E-state index in [1.807, 2.05) is 0 Å². The van der Waals surface area contributed by atoms with E-state index in [-0.39, 0.29) is 0 Å². The van der Waals surface area contributed by atoms with E-state index < -0.39 is 0 Å². The van der Waals surface area contributed by atoms with Crippen LogP contribution in [0.15, 0.2) is 18.2 Å². The molecule has 0 radical (unpaired) electrons. The Morgan fingerprint density at radius 1 is 1.21 bits per heavy atom. The zero-order valence-corrected chi connectivity index (χ0v) is 9.38. The minimum absolute atomic E-state index is 0.763. The minimum Gasteiger partial charge on any atom is -0.306 e. The average Bonchev–Trinajstić information content (AvgIpc) is 2.57. The number of likely N-dealkylation sites (tertiary alicyclic amines) is 1. The predicted octanol–water partition coefficient (Wildman–Crippen LogP) is 2.72. The van der Waals surface area contributed by atoms with Crippen molar-refractivity contribution in [1.29, 1.82) is 0 Å². The molecule has 1 aliphatic rings. The van der Waals surface area contributed by atoms with Gasteiger partial charge in [-0.1, -0.05) is 18.2 Å². The first-order valence-corrected chi connectivity index (χ1v) is 5.42. The second kappa shape index (κ2) is 3.74. The van der Waals surface area contributed by atoms with E-state index in [2.05, 4.69) is 44.0 Å². The summed E-state index contributed by atoms with van der Waals surface area (Å²) in [4.78, 5) is 2.42. The van der Waals surface area contributed by atoms with Crippen molar-refractivity contribution < 1.29 is 0 Å². The highest BCUT2D eigenvalue weighted by Gasteiger charge is 2.20. The van der Waals surface area contributed by atoms with Crippen molar-refractivity contribution in [1.82, 2.24) is 4.90 Å². The third kappa shape index (κ3) is 1.83. The highest BCUT2D eigenvalue weighted by Crippen LogP contribution is 2.27. The molecular weight excluding hydrogens is 170 g/mol. The standard InChI is InChI=1S/C13H19N/c1-10-4-5-12(8-11(10)2)13-6-7-14(3)9-13/h4-5,8,13H,6-7,9H2,1-3H3. The van der Waals surface area contributed by atoms with Crippen molar-refractivity contribution in [2.24, 2.45) is 0 Å². The maximum atomic E-state index is 2.42. The van der Waals surface area contributed by atoms with Gasteiger partial charge in [-0.2, -0.15) is 0 Å². The zero-order chi connectivity index (χ0) is 10.1. The SMILES string of the molecule is Cc1ccc(C2CCN(C)C2)cc1C. The van der Waals surface area contributed by atoms with Gasteiger partial charge in [-0.05, 0) is 56.5 Å². The Morgan fingerprint density at radius 3 is 2.57 bits per heavy atom. The average molecular weight is 189 g/mol. The molecule has 76 valence electrons. The molecule has 0 saturated carbocycles. The van der Waals surface area contributed by atoms with Crippen molar-refractivity contribution in [3.05, 3.63) is 34.9 Å².